The SMILES string of the molecule is CCOc1ccc2cc(-c3cncnc3)nc(Nc3ccccc3C(N)=O)c2c1. The van der Waals surface area contributed by atoms with Gasteiger partial charge in [-0.1, -0.05) is 18.2 Å². The van der Waals surface area contributed by atoms with Gasteiger partial charge in [0.1, 0.15) is 17.9 Å². The number of ether oxygens (including phenoxy) is 1. The largest absolute Gasteiger partial charge is 0.494 e. The van der Waals surface area contributed by atoms with Crippen LogP contribution in [-0.2, 0) is 0 Å². The number of hydrogen-bond acceptors (Lipinski definition) is 6. The number of para-hydroxylation sites is 1. The summed E-state index contributed by atoms with van der Waals surface area (Å²) in [5.41, 5.74) is 7.99. The fourth-order valence-corrected chi connectivity index (χ4v) is 3.09. The first-order valence-corrected chi connectivity index (χ1v) is 9.14. The number of primary amides is 1. The van der Waals surface area contributed by atoms with E-state index in [4.69, 9.17) is 15.5 Å². The summed E-state index contributed by atoms with van der Waals surface area (Å²) in [6.07, 6.45) is 4.88. The molecule has 2 aromatic carbocycles. The number of aromatic nitrogens is 3. The van der Waals surface area contributed by atoms with Gasteiger partial charge in [-0.2, -0.15) is 0 Å². The van der Waals surface area contributed by atoms with Gasteiger partial charge in [0.2, 0.25) is 0 Å². The van der Waals surface area contributed by atoms with Gasteiger partial charge in [-0.25, -0.2) is 15.0 Å². The molecule has 0 aliphatic rings. The fraction of sp³-hybridized carbons (Fsp3) is 0.0909. The highest BCUT2D eigenvalue weighted by Gasteiger charge is 2.13. The lowest BCUT2D eigenvalue weighted by atomic mass is 10.1. The topological polar surface area (TPSA) is 103 Å². The molecule has 3 N–H and O–H groups in total. The summed E-state index contributed by atoms with van der Waals surface area (Å²) in [7, 11) is 0. The Morgan fingerprint density at radius 1 is 1.10 bits per heavy atom. The molecule has 0 bridgehead atoms. The Labute approximate surface area is 167 Å². The molecular formula is C22H19N5O2. The zero-order valence-electron chi connectivity index (χ0n) is 15.8. The van der Waals surface area contributed by atoms with E-state index >= 15 is 0 Å². The first kappa shape index (κ1) is 18.4. The highest BCUT2D eigenvalue weighted by Crippen LogP contribution is 2.32. The van der Waals surface area contributed by atoms with E-state index in [2.05, 4.69) is 15.3 Å². The quantitative estimate of drug-likeness (QED) is 0.521. The second-order valence-electron chi connectivity index (χ2n) is 6.33. The van der Waals surface area contributed by atoms with Gasteiger partial charge in [-0.05, 0) is 42.6 Å². The van der Waals surface area contributed by atoms with Crippen molar-refractivity contribution in [1.82, 2.24) is 15.0 Å². The number of nitrogens with two attached hydrogens (primary N) is 1. The molecule has 0 radical (unpaired) electrons. The zero-order chi connectivity index (χ0) is 20.2. The summed E-state index contributed by atoms with van der Waals surface area (Å²) in [4.78, 5) is 24.8. The smallest absolute Gasteiger partial charge is 0.250 e. The molecule has 0 atom stereocenters. The number of carbonyl (C=O) groups excluding carboxylic acids is 1. The Kier molecular flexibility index (Phi) is 5.03. The zero-order valence-corrected chi connectivity index (χ0v) is 15.8. The predicted molar refractivity (Wildman–Crippen MR) is 112 cm³/mol. The van der Waals surface area contributed by atoms with Crippen molar-refractivity contribution in [3.8, 4) is 17.0 Å². The normalized spacial score (nSPS) is 10.7. The molecule has 2 aromatic heterocycles. The second kappa shape index (κ2) is 7.93. The minimum atomic E-state index is -0.514. The summed E-state index contributed by atoms with van der Waals surface area (Å²) in [6, 6.07) is 14.8. The molecule has 0 saturated carbocycles. The van der Waals surface area contributed by atoms with E-state index in [-0.39, 0.29) is 0 Å². The third kappa shape index (κ3) is 3.84. The molecule has 4 aromatic rings. The third-order valence-corrected chi connectivity index (χ3v) is 4.42. The molecule has 4 rings (SSSR count). The maximum atomic E-state index is 11.8. The molecule has 0 spiro atoms. The van der Waals surface area contributed by atoms with E-state index in [1.807, 2.05) is 37.3 Å². The first-order chi connectivity index (χ1) is 14.2. The van der Waals surface area contributed by atoms with Crippen LogP contribution >= 0.6 is 0 Å². The summed E-state index contributed by atoms with van der Waals surface area (Å²) in [5.74, 6) is 0.806. The number of benzene rings is 2. The minimum Gasteiger partial charge on any atom is -0.494 e. The Bertz CT molecular complexity index is 1180. The lowest BCUT2D eigenvalue weighted by Crippen LogP contribution is -2.13. The number of nitrogens with zero attached hydrogens (tertiary/aromatic N) is 3. The van der Waals surface area contributed by atoms with Gasteiger partial charge in [0, 0.05) is 23.3 Å². The minimum absolute atomic E-state index is 0.386. The number of rotatable bonds is 6. The van der Waals surface area contributed by atoms with Crippen LogP contribution < -0.4 is 15.8 Å². The van der Waals surface area contributed by atoms with Crippen molar-refractivity contribution in [3.05, 3.63) is 72.8 Å². The maximum absolute atomic E-state index is 11.8. The van der Waals surface area contributed by atoms with Crippen LogP contribution in [0.5, 0.6) is 5.75 Å². The Balaban J connectivity index is 1.89. The van der Waals surface area contributed by atoms with Crippen LogP contribution in [0.15, 0.2) is 67.3 Å². The molecule has 2 heterocycles. The molecule has 7 nitrogen and oxygen atoms in total. The van der Waals surface area contributed by atoms with Crippen LogP contribution in [0.3, 0.4) is 0 Å². The van der Waals surface area contributed by atoms with E-state index in [0.717, 1.165) is 22.1 Å². The van der Waals surface area contributed by atoms with Gasteiger partial charge >= 0.3 is 0 Å². The van der Waals surface area contributed by atoms with E-state index in [9.17, 15) is 4.79 Å². The summed E-state index contributed by atoms with van der Waals surface area (Å²) < 4.78 is 5.65. The van der Waals surface area contributed by atoms with Crippen molar-refractivity contribution in [3.63, 3.8) is 0 Å². The molecule has 0 unspecified atom stereocenters. The monoisotopic (exact) mass is 385 g/mol. The molecule has 7 heteroatoms. The van der Waals surface area contributed by atoms with E-state index in [1.165, 1.54) is 6.33 Å². The number of nitrogens with one attached hydrogen (secondary N) is 1. The Hall–Kier alpha value is -4.00. The molecule has 0 aliphatic heterocycles. The third-order valence-electron chi connectivity index (χ3n) is 4.42. The van der Waals surface area contributed by atoms with Crippen molar-refractivity contribution in [2.45, 2.75) is 6.92 Å². The standard InChI is InChI=1S/C22H19N5O2/c1-2-29-16-8-7-14-9-20(15-11-24-13-25-12-15)27-22(18(14)10-16)26-19-6-4-3-5-17(19)21(23)28/h3-13H,2H2,1H3,(H2,23,28)(H,26,27). The maximum Gasteiger partial charge on any atom is 0.250 e. The number of fused-ring (bicyclic) bond motifs is 1. The van der Waals surface area contributed by atoms with Crippen LogP contribution in [0.4, 0.5) is 11.5 Å². The number of carbonyl (C=O) groups is 1. The van der Waals surface area contributed by atoms with Crippen LogP contribution in [0.1, 0.15) is 17.3 Å². The van der Waals surface area contributed by atoms with Crippen molar-refractivity contribution >= 4 is 28.2 Å². The van der Waals surface area contributed by atoms with Crippen LogP contribution in [0.2, 0.25) is 0 Å². The summed E-state index contributed by atoms with van der Waals surface area (Å²) in [6.45, 7) is 2.49. The molecule has 0 aliphatic carbocycles. The second-order valence-corrected chi connectivity index (χ2v) is 6.33. The molecule has 144 valence electrons. The van der Waals surface area contributed by atoms with Crippen molar-refractivity contribution in [1.29, 1.82) is 0 Å². The summed E-state index contributed by atoms with van der Waals surface area (Å²) in [5, 5.41) is 5.08. The van der Waals surface area contributed by atoms with Gasteiger partial charge in [0.15, 0.2) is 0 Å². The Morgan fingerprint density at radius 2 is 1.90 bits per heavy atom. The lowest BCUT2D eigenvalue weighted by molar-refractivity contribution is 0.100. The molecule has 1 amide bonds. The van der Waals surface area contributed by atoms with Gasteiger partial charge in [-0.3, -0.25) is 4.79 Å². The predicted octanol–water partition coefficient (Wildman–Crippen LogP) is 3.93. The average molecular weight is 385 g/mol. The van der Waals surface area contributed by atoms with Gasteiger partial charge < -0.3 is 15.8 Å². The van der Waals surface area contributed by atoms with Crippen LogP contribution in [-0.4, -0.2) is 27.5 Å². The Morgan fingerprint density at radius 3 is 2.66 bits per heavy atom. The first-order valence-electron chi connectivity index (χ1n) is 9.14. The average Bonchev–Trinajstić information content (AvgIpc) is 2.75. The van der Waals surface area contributed by atoms with Crippen LogP contribution in [0.25, 0.3) is 22.0 Å². The van der Waals surface area contributed by atoms with Crippen molar-refractivity contribution in [2.75, 3.05) is 11.9 Å². The molecule has 0 saturated heterocycles. The van der Waals surface area contributed by atoms with Gasteiger partial charge in [0.05, 0.1) is 23.6 Å². The van der Waals surface area contributed by atoms with E-state index in [1.54, 1.807) is 30.6 Å². The summed E-state index contributed by atoms with van der Waals surface area (Å²) >= 11 is 0. The molecule has 29 heavy (non-hydrogen) atoms. The van der Waals surface area contributed by atoms with Gasteiger partial charge in [-0.15, -0.1) is 0 Å². The number of pyridine rings is 1. The number of hydrogen-bond donors (Lipinski definition) is 2. The lowest BCUT2D eigenvalue weighted by Gasteiger charge is -2.14. The molecular weight excluding hydrogens is 366 g/mol. The number of amides is 1. The van der Waals surface area contributed by atoms with E-state index in [0.29, 0.717) is 29.4 Å². The fourth-order valence-electron chi connectivity index (χ4n) is 3.09. The van der Waals surface area contributed by atoms with E-state index < -0.39 is 5.91 Å². The van der Waals surface area contributed by atoms with Gasteiger partial charge in [0.25, 0.3) is 5.91 Å². The highest BCUT2D eigenvalue weighted by molar-refractivity contribution is 6.02. The van der Waals surface area contributed by atoms with Crippen molar-refractivity contribution < 1.29 is 9.53 Å². The highest BCUT2D eigenvalue weighted by atomic mass is 16.5. The van der Waals surface area contributed by atoms with Crippen molar-refractivity contribution in [2.24, 2.45) is 5.73 Å². The van der Waals surface area contributed by atoms with Crippen LogP contribution in [0, 0.1) is 0 Å². The number of anilines is 2. The molecule has 0 fully saturated rings.